The number of quaternary nitrogens is 1. The lowest BCUT2D eigenvalue weighted by molar-refractivity contribution is -0.437. The first kappa shape index (κ1) is 11.5. The van der Waals surface area contributed by atoms with Gasteiger partial charge in [0.1, 0.15) is 11.8 Å². The second kappa shape index (κ2) is 5.36. The van der Waals surface area contributed by atoms with Crippen molar-refractivity contribution in [3.8, 4) is 5.75 Å². The Kier molecular flexibility index (Phi) is 4.12. The SMILES string of the molecule is CCOc1ccccc1C[C@H]([NH3+])C(=O)[O-]. The molecule has 0 fully saturated rings. The van der Waals surface area contributed by atoms with Crippen molar-refractivity contribution in [3.05, 3.63) is 29.8 Å². The van der Waals surface area contributed by atoms with Crippen LogP contribution in [0.25, 0.3) is 0 Å². The van der Waals surface area contributed by atoms with E-state index in [1.807, 2.05) is 31.2 Å². The molecule has 4 nitrogen and oxygen atoms in total. The Labute approximate surface area is 88.7 Å². The van der Waals surface area contributed by atoms with Crippen molar-refractivity contribution in [3.63, 3.8) is 0 Å². The molecule has 0 saturated heterocycles. The number of para-hydroxylation sites is 1. The van der Waals surface area contributed by atoms with E-state index in [1.165, 1.54) is 0 Å². The van der Waals surface area contributed by atoms with Gasteiger partial charge in [0.15, 0.2) is 0 Å². The van der Waals surface area contributed by atoms with E-state index in [4.69, 9.17) is 4.74 Å². The highest BCUT2D eigenvalue weighted by molar-refractivity contribution is 5.69. The Morgan fingerprint density at radius 2 is 2.20 bits per heavy atom. The Bertz CT molecular complexity index is 338. The number of carbonyl (C=O) groups is 1. The van der Waals surface area contributed by atoms with Crippen LogP contribution in [0.3, 0.4) is 0 Å². The summed E-state index contributed by atoms with van der Waals surface area (Å²) in [6, 6.07) is 6.62. The highest BCUT2D eigenvalue weighted by Crippen LogP contribution is 2.18. The minimum atomic E-state index is -1.14. The van der Waals surface area contributed by atoms with E-state index in [-0.39, 0.29) is 0 Å². The monoisotopic (exact) mass is 209 g/mol. The van der Waals surface area contributed by atoms with Crippen LogP contribution in [0, 0.1) is 0 Å². The number of benzene rings is 1. The zero-order chi connectivity index (χ0) is 11.3. The molecule has 0 spiro atoms. The summed E-state index contributed by atoms with van der Waals surface area (Å²) in [6.45, 7) is 2.45. The van der Waals surface area contributed by atoms with E-state index in [0.29, 0.717) is 13.0 Å². The second-order valence-electron chi connectivity index (χ2n) is 3.26. The van der Waals surface area contributed by atoms with E-state index >= 15 is 0 Å². The average Bonchev–Trinajstić information content (AvgIpc) is 2.21. The van der Waals surface area contributed by atoms with Crippen molar-refractivity contribution in [2.75, 3.05) is 6.61 Å². The van der Waals surface area contributed by atoms with Gasteiger partial charge in [-0.05, 0) is 13.0 Å². The summed E-state index contributed by atoms with van der Waals surface area (Å²) in [5, 5.41) is 10.6. The van der Waals surface area contributed by atoms with Gasteiger partial charge in [0.05, 0.1) is 12.6 Å². The van der Waals surface area contributed by atoms with Crippen LogP contribution in [0.15, 0.2) is 24.3 Å². The number of carboxylic acid groups (broad SMARTS) is 1. The van der Waals surface area contributed by atoms with Crippen LogP contribution in [0.5, 0.6) is 5.75 Å². The normalized spacial score (nSPS) is 12.1. The van der Waals surface area contributed by atoms with Crippen LogP contribution >= 0.6 is 0 Å². The lowest BCUT2D eigenvalue weighted by atomic mass is 10.1. The van der Waals surface area contributed by atoms with Gasteiger partial charge in [0, 0.05) is 12.0 Å². The molecule has 0 radical (unpaired) electrons. The standard InChI is InChI=1S/C11H15NO3/c1-2-15-10-6-4-3-5-8(10)7-9(12)11(13)14/h3-6,9H,2,7,12H2,1H3,(H,13,14)/t9-/m0/s1. The van der Waals surface area contributed by atoms with Gasteiger partial charge >= 0.3 is 0 Å². The van der Waals surface area contributed by atoms with Gasteiger partial charge in [-0.15, -0.1) is 0 Å². The molecule has 1 aromatic rings. The number of hydrogen-bond donors (Lipinski definition) is 1. The van der Waals surface area contributed by atoms with E-state index < -0.39 is 12.0 Å². The predicted molar refractivity (Wildman–Crippen MR) is 53.0 cm³/mol. The summed E-state index contributed by atoms with van der Waals surface area (Å²) in [7, 11) is 0. The first-order chi connectivity index (χ1) is 7.15. The number of hydrogen-bond acceptors (Lipinski definition) is 3. The van der Waals surface area contributed by atoms with Crippen molar-refractivity contribution in [2.45, 2.75) is 19.4 Å². The maximum absolute atomic E-state index is 10.6. The van der Waals surface area contributed by atoms with Crippen molar-refractivity contribution in [1.29, 1.82) is 0 Å². The molecule has 1 aromatic carbocycles. The summed E-state index contributed by atoms with van der Waals surface area (Å²) in [6.07, 6.45) is 0.332. The summed E-state index contributed by atoms with van der Waals surface area (Å²) < 4.78 is 5.38. The fraction of sp³-hybridized carbons (Fsp3) is 0.364. The fourth-order valence-corrected chi connectivity index (χ4v) is 1.32. The lowest BCUT2D eigenvalue weighted by Crippen LogP contribution is -2.69. The molecule has 0 saturated carbocycles. The van der Waals surface area contributed by atoms with Crippen LogP contribution in [0.1, 0.15) is 12.5 Å². The topological polar surface area (TPSA) is 77.0 Å². The molecule has 0 aliphatic carbocycles. The fourth-order valence-electron chi connectivity index (χ4n) is 1.32. The van der Waals surface area contributed by atoms with Crippen molar-refractivity contribution in [1.82, 2.24) is 0 Å². The third-order valence-corrected chi connectivity index (χ3v) is 2.07. The number of ether oxygens (including phenoxy) is 1. The molecule has 82 valence electrons. The van der Waals surface area contributed by atoms with Crippen LogP contribution in [0.4, 0.5) is 0 Å². The first-order valence-electron chi connectivity index (χ1n) is 4.89. The van der Waals surface area contributed by atoms with E-state index in [0.717, 1.165) is 11.3 Å². The second-order valence-corrected chi connectivity index (χ2v) is 3.26. The van der Waals surface area contributed by atoms with Gasteiger partial charge in [-0.25, -0.2) is 0 Å². The Balaban J connectivity index is 2.79. The van der Waals surface area contributed by atoms with Gasteiger partial charge < -0.3 is 20.4 Å². The highest BCUT2D eigenvalue weighted by atomic mass is 16.5. The largest absolute Gasteiger partial charge is 0.544 e. The Morgan fingerprint density at radius 3 is 2.80 bits per heavy atom. The number of rotatable bonds is 5. The number of carbonyl (C=O) groups excluding carboxylic acids is 1. The maximum atomic E-state index is 10.6. The molecular weight excluding hydrogens is 194 g/mol. The molecule has 1 rings (SSSR count). The Morgan fingerprint density at radius 1 is 1.53 bits per heavy atom. The van der Waals surface area contributed by atoms with Crippen molar-refractivity contribution >= 4 is 5.97 Å². The smallest absolute Gasteiger partial charge is 0.129 e. The van der Waals surface area contributed by atoms with E-state index in [2.05, 4.69) is 5.73 Å². The van der Waals surface area contributed by atoms with Gasteiger partial charge in [-0.3, -0.25) is 0 Å². The van der Waals surface area contributed by atoms with Crippen molar-refractivity contribution in [2.24, 2.45) is 0 Å². The third-order valence-electron chi connectivity index (χ3n) is 2.07. The van der Waals surface area contributed by atoms with Crippen LogP contribution in [-0.4, -0.2) is 18.6 Å². The molecular formula is C11H15NO3. The zero-order valence-corrected chi connectivity index (χ0v) is 8.73. The van der Waals surface area contributed by atoms with E-state index in [9.17, 15) is 9.90 Å². The molecule has 0 aliphatic rings. The minimum absolute atomic E-state index is 0.332. The zero-order valence-electron chi connectivity index (χ0n) is 8.73. The molecule has 0 bridgehead atoms. The van der Waals surface area contributed by atoms with Crippen LogP contribution in [-0.2, 0) is 11.2 Å². The summed E-state index contributed by atoms with van der Waals surface area (Å²) in [5.41, 5.74) is 4.37. The molecule has 15 heavy (non-hydrogen) atoms. The van der Waals surface area contributed by atoms with Gasteiger partial charge in [0.25, 0.3) is 0 Å². The average molecular weight is 209 g/mol. The van der Waals surface area contributed by atoms with Gasteiger partial charge in [-0.2, -0.15) is 0 Å². The number of aliphatic carboxylic acids is 1. The van der Waals surface area contributed by atoms with Crippen molar-refractivity contribution < 1.29 is 20.4 Å². The maximum Gasteiger partial charge on any atom is 0.129 e. The Hall–Kier alpha value is -1.55. The predicted octanol–water partition coefficient (Wildman–Crippen LogP) is -1.01. The van der Waals surface area contributed by atoms with Gasteiger partial charge in [0.2, 0.25) is 0 Å². The van der Waals surface area contributed by atoms with Crippen LogP contribution in [0.2, 0.25) is 0 Å². The molecule has 0 unspecified atom stereocenters. The molecule has 0 amide bonds. The molecule has 0 aromatic heterocycles. The molecule has 0 heterocycles. The summed E-state index contributed by atoms with van der Waals surface area (Å²) in [5.74, 6) is -0.420. The molecule has 4 heteroatoms. The molecule has 0 aliphatic heterocycles. The minimum Gasteiger partial charge on any atom is -0.544 e. The first-order valence-corrected chi connectivity index (χ1v) is 4.89. The summed E-state index contributed by atoms with van der Waals surface area (Å²) >= 11 is 0. The summed E-state index contributed by atoms with van der Waals surface area (Å²) in [4.78, 5) is 10.6. The molecule has 1 atom stereocenters. The quantitative estimate of drug-likeness (QED) is 0.675. The van der Waals surface area contributed by atoms with Crippen LogP contribution < -0.4 is 15.6 Å². The third kappa shape index (κ3) is 3.25. The van der Waals surface area contributed by atoms with E-state index in [1.54, 1.807) is 0 Å². The lowest BCUT2D eigenvalue weighted by Gasteiger charge is -2.13. The number of carboxylic acids is 1. The highest BCUT2D eigenvalue weighted by Gasteiger charge is 2.11. The van der Waals surface area contributed by atoms with Gasteiger partial charge in [-0.1, -0.05) is 18.2 Å². The molecule has 3 N–H and O–H groups in total.